The number of benzene rings is 1. The fourth-order valence-electron chi connectivity index (χ4n) is 1.64. The topological polar surface area (TPSA) is 75.3 Å². The van der Waals surface area contributed by atoms with Crippen LogP contribution in [0.4, 0.5) is 5.69 Å². The van der Waals surface area contributed by atoms with Gasteiger partial charge in [-0.3, -0.25) is 4.79 Å². The monoisotopic (exact) mass is 270 g/mol. The molecule has 0 aliphatic rings. The highest BCUT2D eigenvalue weighted by molar-refractivity contribution is 7.90. The lowest BCUT2D eigenvalue weighted by atomic mass is 10.2. The van der Waals surface area contributed by atoms with Crippen molar-refractivity contribution in [2.24, 2.45) is 0 Å². The van der Waals surface area contributed by atoms with E-state index in [1.54, 1.807) is 38.2 Å². The van der Waals surface area contributed by atoms with Crippen LogP contribution in [0.2, 0.25) is 0 Å². The minimum Gasteiger partial charge on any atom is -0.382 e. The Bertz CT molecular complexity index is 509. The first kappa shape index (κ1) is 14.5. The van der Waals surface area contributed by atoms with E-state index in [4.69, 9.17) is 0 Å². The van der Waals surface area contributed by atoms with Crippen LogP contribution in [0.3, 0.4) is 0 Å². The van der Waals surface area contributed by atoms with E-state index in [0.717, 1.165) is 5.69 Å². The summed E-state index contributed by atoms with van der Waals surface area (Å²) in [6.45, 7) is 1.80. The Balaban J connectivity index is 2.66. The second-order valence-electron chi connectivity index (χ2n) is 4.29. The lowest BCUT2D eigenvalue weighted by molar-refractivity contribution is 0.0963. The molecule has 100 valence electrons. The van der Waals surface area contributed by atoms with Gasteiger partial charge in [0.05, 0.1) is 5.75 Å². The van der Waals surface area contributed by atoms with Crippen molar-refractivity contribution >= 4 is 21.4 Å². The predicted molar refractivity (Wildman–Crippen MR) is 72.6 cm³/mol. The Morgan fingerprint density at radius 1 is 1.28 bits per heavy atom. The Labute approximate surface area is 108 Å². The standard InChI is InChI=1S/C12H18N2O3S/c1-9(8-18(3,16)17)14-11-6-4-10(5-7-11)12(15)13-2/h4-7,9,14H,8H2,1-3H3,(H,13,15). The molecule has 0 saturated carbocycles. The molecule has 0 fully saturated rings. The molecule has 1 atom stereocenters. The van der Waals surface area contributed by atoms with E-state index in [-0.39, 0.29) is 17.7 Å². The van der Waals surface area contributed by atoms with Gasteiger partial charge in [0, 0.05) is 30.6 Å². The van der Waals surface area contributed by atoms with Gasteiger partial charge in [-0.2, -0.15) is 0 Å². The fourth-order valence-corrected chi connectivity index (χ4v) is 2.63. The highest BCUT2D eigenvalue weighted by Gasteiger charge is 2.10. The average Bonchev–Trinajstić information content (AvgIpc) is 2.26. The minimum absolute atomic E-state index is 0.0736. The van der Waals surface area contributed by atoms with Crippen molar-refractivity contribution in [2.75, 3.05) is 24.4 Å². The van der Waals surface area contributed by atoms with Gasteiger partial charge in [0.25, 0.3) is 5.91 Å². The summed E-state index contributed by atoms with van der Waals surface area (Å²) in [4.78, 5) is 11.3. The maximum absolute atomic E-state index is 11.3. The molecule has 0 aromatic heterocycles. The molecule has 2 N–H and O–H groups in total. The summed E-state index contributed by atoms with van der Waals surface area (Å²) in [7, 11) is -1.42. The summed E-state index contributed by atoms with van der Waals surface area (Å²) < 4.78 is 22.2. The summed E-state index contributed by atoms with van der Waals surface area (Å²) in [5.41, 5.74) is 1.36. The number of carbonyl (C=O) groups is 1. The summed E-state index contributed by atoms with van der Waals surface area (Å²) in [5, 5.41) is 5.61. The highest BCUT2D eigenvalue weighted by atomic mass is 32.2. The third-order valence-electron chi connectivity index (χ3n) is 2.34. The minimum atomic E-state index is -3.00. The summed E-state index contributed by atoms with van der Waals surface area (Å²) in [5.74, 6) is -0.0739. The average molecular weight is 270 g/mol. The molecule has 0 bridgehead atoms. The molecule has 1 rings (SSSR count). The van der Waals surface area contributed by atoms with Gasteiger partial charge in [0.1, 0.15) is 9.84 Å². The van der Waals surface area contributed by atoms with Crippen molar-refractivity contribution in [3.05, 3.63) is 29.8 Å². The molecule has 0 radical (unpaired) electrons. The van der Waals surface area contributed by atoms with Gasteiger partial charge >= 0.3 is 0 Å². The molecule has 6 heteroatoms. The van der Waals surface area contributed by atoms with Crippen molar-refractivity contribution in [2.45, 2.75) is 13.0 Å². The highest BCUT2D eigenvalue weighted by Crippen LogP contribution is 2.11. The van der Waals surface area contributed by atoms with Crippen LogP contribution in [0.5, 0.6) is 0 Å². The Morgan fingerprint density at radius 3 is 2.28 bits per heavy atom. The van der Waals surface area contributed by atoms with E-state index in [1.807, 2.05) is 0 Å². The number of amides is 1. The zero-order valence-electron chi connectivity index (χ0n) is 10.7. The largest absolute Gasteiger partial charge is 0.382 e. The summed E-state index contributed by atoms with van der Waals surface area (Å²) in [6.07, 6.45) is 1.21. The van der Waals surface area contributed by atoms with Crippen molar-refractivity contribution in [1.29, 1.82) is 0 Å². The zero-order chi connectivity index (χ0) is 13.8. The lowest BCUT2D eigenvalue weighted by Crippen LogP contribution is -2.25. The van der Waals surface area contributed by atoms with Crippen LogP contribution in [0, 0.1) is 0 Å². The number of hydrogen-bond donors (Lipinski definition) is 2. The van der Waals surface area contributed by atoms with Gasteiger partial charge in [-0.15, -0.1) is 0 Å². The molecule has 5 nitrogen and oxygen atoms in total. The number of sulfone groups is 1. The first-order valence-corrected chi connectivity index (χ1v) is 7.64. The van der Waals surface area contributed by atoms with E-state index >= 15 is 0 Å². The van der Waals surface area contributed by atoms with Gasteiger partial charge < -0.3 is 10.6 Å². The van der Waals surface area contributed by atoms with Crippen molar-refractivity contribution < 1.29 is 13.2 Å². The molecule has 1 unspecified atom stereocenters. The smallest absolute Gasteiger partial charge is 0.251 e. The van der Waals surface area contributed by atoms with Crippen LogP contribution in [0.25, 0.3) is 0 Å². The van der Waals surface area contributed by atoms with E-state index in [0.29, 0.717) is 5.56 Å². The molecule has 1 aromatic carbocycles. The van der Waals surface area contributed by atoms with Crippen molar-refractivity contribution in [1.82, 2.24) is 5.32 Å². The Morgan fingerprint density at radius 2 is 1.83 bits per heavy atom. The molecule has 0 heterocycles. The summed E-state index contributed by atoms with van der Waals surface area (Å²) in [6, 6.07) is 6.71. The maximum Gasteiger partial charge on any atom is 0.251 e. The third kappa shape index (κ3) is 4.75. The number of hydrogen-bond acceptors (Lipinski definition) is 4. The molecule has 0 spiro atoms. The second-order valence-corrected chi connectivity index (χ2v) is 6.48. The van der Waals surface area contributed by atoms with Crippen LogP contribution in [0.1, 0.15) is 17.3 Å². The SMILES string of the molecule is CNC(=O)c1ccc(NC(C)CS(C)(=O)=O)cc1. The van der Waals surface area contributed by atoms with Gasteiger partial charge in [0.15, 0.2) is 0 Å². The second kappa shape index (κ2) is 5.86. The Hall–Kier alpha value is -1.56. The third-order valence-corrected chi connectivity index (χ3v) is 3.45. The number of rotatable bonds is 5. The lowest BCUT2D eigenvalue weighted by Gasteiger charge is -2.14. The van der Waals surface area contributed by atoms with Gasteiger partial charge in [-0.1, -0.05) is 0 Å². The van der Waals surface area contributed by atoms with E-state index in [9.17, 15) is 13.2 Å². The van der Waals surface area contributed by atoms with Crippen molar-refractivity contribution in [3.63, 3.8) is 0 Å². The molecule has 0 aliphatic heterocycles. The molecule has 0 saturated heterocycles. The van der Waals surface area contributed by atoms with Crippen molar-refractivity contribution in [3.8, 4) is 0 Å². The van der Waals surface area contributed by atoms with Crippen LogP contribution in [-0.4, -0.2) is 39.4 Å². The number of anilines is 1. The first-order valence-electron chi connectivity index (χ1n) is 5.58. The molecule has 0 aliphatic carbocycles. The molecular weight excluding hydrogens is 252 g/mol. The molecule has 1 aromatic rings. The number of carbonyl (C=O) groups excluding carboxylic acids is 1. The normalized spacial score (nSPS) is 12.8. The van der Waals surface area contributed by atoms with E-state index in [2.05, 4.69) is 10.6 Å². The molecule has 18 heavy (non-hydrogen) atoms. The van der Waals surface area contributed by atoms with Gasteiger partial charge in [-0.25, -0.2) is 8.42 Å². The van der Waals surface area contributed by atoms with Crippen LogP contribution in [0.15, 0.2) is 24.3 Å². The summed E-state index contributed by atoms with van der Waals surface area (Å²) >= 11 is 0. The first-order chi connectivity index (χ1) is 8.31. The maximum atomic E-state index is 11.3. The molecular formula is C12H18N2O3S. The van der Waals surface area contributed by atoms with Crippen LogP contribution in [-0.2, 0) is 9.84 Å². The number of nitrogens with one attached hydrogen (secondary N) is 2. The van der Waals surface area contributed by atoms with Crippen LogP contribution >= 0.6 is 0 Å². The van der Waals surface area contributed by atoms with E-state index in [1.165, 1.54) is 6.26 Å². The van der Waals surface area contributed by atoms with E-state index < -0.39 is 9.84 Å². The predicted octanol–water partition coefficient (Wildman–Crippen LogP) is 0.891. The Kier molecular flexibility index (Phi) is 4.72. The zero-order valence-corrected chi connectivity index (χ0v) is 11.5. The quantitative estimate of drug-likeness (QED) is 0.833. The fraction of sp³-hybridized carbons (Fsp3) is 0.417. The van der Waals surface area contributed by atoms with Gasteiger partial charge in [0.2, 0.25) is 0 Å². The van der Waals surface area contributed by atoms with Gasteiger partial charge in [-0.05, 0) is 31.2 Å². The molecule has 1 amide bonds. The van der Waals surface area contributed by atoms with Crippen LogP contribution < -0.4 is 10.6 Å².